The van der Waals surface area contributed by atoms with E-state index in [1.54, 1.807) is 12.1 Å². The van der Waals surface area contributed by atoms with Crippen LogP contribution < -0.4 is 10.6 Å². The number of halogens is 1. The van der Waals surface area contributed by atoms with Crippen molar-refractivity contribution in [3.8, 4) is 0 Å². The van der Waals surface area contributed by atoms with Gasteiger partial charge < -0.3 is 0 Å². The van der Waals surface area contributed by atoms with Crippen molar-refractivity contribution >= 4 is 43.5 Å². The van der Waals surface area contributed by atoms with E-state index in [1.807, 2.05) is 12.1 Å². The van der Waals surface area contributed by atoms with Gasteiger partial charge in [-0.3, -0.25) is 15.5 Å². The van der Waals surface area contributed by atoms with Gasteiger partial charge in [-0.25, -0.2) is 13.6 Å². The van der Waals surface area contributed by atoms with Crippen LogP contribution in [0.4, 0.5) is 11.4 Å². The van der Waals surface area contributed by atoms with Crippen molar-refractivity contribution < 1.29 is 13.3 Å². The van der Waals surface area contributed by atoms with Crippen molar-refractivity contribution in [2.24, 2.45) is 10.2 Å². The molecule has 0 atom stereocenters. The summed E-state index contributed by atoms with van der Waals surface area (Å²) in [5, 5.41) is 19.9. The zero-order valence-corrected chi connectivity index (χ0v) is 13.9. The van der Waals surface area contributed by atoms with Crippen molar-refractivity contribution in [1.82, 2.24) is 0 Å². The standard InChI is InChI=1S/C13H11BrN4O4S/c14-10-3-1-9(2-4-10)8-16-17-12-6-5-11(23(15,21)22)7-13(12)18(19)20/h1-8,17H,(H2,15,21,22)/b16-8+. The quantitative estimate of drug-likeness (QED) is 0.454. The smallest absolute Gasteiger partial charge is 0.272 e. The average molecular weight is 399 g/mol. The highest BCUT2D eigenvalue weighted by Gasteiger charge is 2.18. The normalized spacial score (nSPS) is 11.6. The fourth-order valence-electron chi connectivity index (χ4n) is 1.66. The molecule has 0 saturated carbocycles. The number of hydrogen-bond acceptors (Lipinski definition) is 6. The van der Waals surface area contributed by atoms with Crippen molar-refractivity contribution in [2.45, 2.75) is 4.90 Å². The Kier molecular flexibility index (Phi) is 5.08. The summed E-state index contributed by atoms with van der Waals surface area (Å²) in [6.07, 6.45) is 1.48. The molecule has 10 heteroatoms. The lowest BCUT2D eigenvalue weighted by Gasteiger charge is -2.04. The molecule has 0 aliphatic heterocycles. The van der Waals surface area contributed by atoms with E-state index < -0.39 is 20.6 Å². The van der Waals surface area contributed by atoms with Gasteiger partial charge in [-0.05, 0) is 29.8 Å². The summed E-state index contributed by atoms with van der Waals surface area (Å²) in [5.74, 6) is 0. The third kappa shape index (κ3) is 4.58. The molecule has 23 heavy (non-hydrogen) atoms. The number of nitrogens with zero attached hydrogens (tertiary/aromatic N) is 2. The summed E-state index contributed by atoms with van der Waals surface area (Å²) in [5.41, 5.74) is 2.91. The van der Waals surface area contributed by atoms with Gasteiger partial charge in [-0.2, -0.15) is 5.10 Å². The van der Waals surface area contributed by atoms with Gasteiger partial charge in [-0.15, -0.1) is 0 Å². The van der Waals surface area contributed by atoms with E-state index in [0.29, 0.717) is 0 Å². The lowest BCUT2D eigenvalue weighted by atomic mass is 10.2. The van der Waals surface area contributed by atoms with Crippen LogP contribution >= 0.6 is 15.9 Å². The SMILES string of the molecule is NS(=O)(=O)c1ccc(N/N=C/c2ccc(Br)cc2)c([N+](=O)[O-])c1. The molecule has 0 bridgehead atoms. The Labute approximate surface area is 140 Å². The van der Waals surface area contributed by atoms with E-state index in [1.165, 1.54) is 18.3 Å². The minimum Gasteiger partial charge on any atom is -0.272 e. The molecule has 0 unspecified atom stereocenters. The fraction of sp³-hybridized carbons (Fsp3) is 0. The Balaban J connectivity index is 2.25. The van der Waals surface area contributed by atoms with Gasteiger partial charge in [0.2, 0.25) is 10.0 Å². The molecule has 8 nitrogen and oxygen atoms in total. The molecule has 0 saturated heterocycles. The highest BCUT2D eigenvalue weighted by molar-refractivity contribution is 9.10. The Hall–Kier alpha value is -2.30. The molecule has 2 rings (SSSR count). The number of nitro groups is 1. The van der Waals surface area contributed by atoms with Crippen LogP contribution in [-0.4, -0.2) is 19.6 Å². The Morgan fingerprint density at radius 2 is 1.87 bits per heavy atom. The molecule has 0 aromatic heterocycles. The molecule has 0 heterocycles. The number of benzene rings is 2. The molecule has 2 aromatic carbocycles. The number of rotatable bonds is 5. The topological polar surface area (TPSA) is 128 Å². The number of nitrogens with two attached hydrogens (primary N) is 1. The van der Waals surface area contributed by atoms with E-state index in [9.17, 15) is 18.5 Å². The third-order valence-corrected chi connectivity index (χ3v) is 4.20. The molecule has 0 fully saturated rings. The zero-order chi connectivity index (χ0) is 17.0. The molecule has 2 aromatic rings. The van der Waals surface area contributed by atoms with Gasteiger partial charge in [0.05, 0.1) is 16.0 Å². The van der Waals surface area contributed by atoms with Crippen LogP contribution in [-0.2, 0) is 10.0 Å². The first kappa shape index (κ1) is 17.1. The number of anilines is 1. The predicted octanol–water partition coefficient (Wildman–Crippen LogP) is 2.45. The number of hydrazone groups is 1. The lowest BCUT2D eigenvalue weighted by Crippen LogP contribution is -2.12. The molecule has 0 spiro atoms. The highest BCUT2D eigenvalue weighted by atomic mass is 79.9. The van der Waals surface area contributed by atoms with Crippen LogP contribution in [0.2, 0.25) is 0 Å². The number of primary sulfonamides is 1. The zero-order valence-electron chi connectivity index (χ0n) is 11.5. The number of sulfonamides is 1. The van der Waals surface area contributed by atoms with Gasteiger partial charge >= 0.3 is 0 Å². The number of hydrogen-bond donors (Lipinski definition) is 2. The summed E-state index contributed by atoms with van der Waals surface area (Å²) in [7, 11) is -4.02. The van der Waals surface area contributed by atoms with E-state index in [4.69, 9.17) is 5.14 Å². The fourth-order valence-corrected chi connectivity index (χ4v) is 2.46. The van der Waals surface area contributed by atoms with Gasteiger partial charge in [0.25, 0.3) is 5.69 Å². The molecule has 0 amide bonds. The van der Waals surface area contributed by atoms with Crippen LogP contribution in [0.25, 0.3) is 0 Å². The Bertz CT molecular complexity index is 866. The predicted molar refractivity (Wildman–Crippen MR) is 89.8 cm³/mol. The van der Waals surface area contributed by atoms with E-state index in [2.05, 4.69) is 26.5 Å². The number of nitro benzene ring substituents is 1. The molecule has 120 valence electrons. The minimum absolute atomic E-state index is 0.0516. The monoisotopic (exact) mass is 398 g/mol. The van der Waals surface area contributed by atoms with Crippen LogP contribution in [0.15, 0.2) is 56.9 Å². The maximum Gasteiger partial charge on any atom is 0.295 e. The van der Waals surface area contributed by atoms with E-state index >= 15 is 0 Å². The third-order valence-electron chi connectivity index (χ3n) is 2.76. The molecule has 0 aliphatic rings. The molecular weight excluding hydrogens is 388 g/mol. The highest BCUT2D eigenvalue weighted by Crippen LogP contribution is 2.27. The first-order valence-electron chi connectivity index (χ1n) is 6.13. The first-order valence-corrected chi connectivity index (χ1v) is 8.47. The average Bonchev–Trinajstić information content (AvgIpc) is 2.48. The summed E-state index contributed by atoms with van der Waals surface area (Å²) < 4.78 is 23.4. The van der Waals surface area contributed by atoms with Crippen LogP contribution in [0.3, 0.4) is 0 Å². The second-order valence-electron chi connectivity index (χ2n) is 4.40. The second-order valence-corrected chi connectivity index (χ2v) is 6.88. The Morgan fingerprint density at radius 3 is 2.43 bits per heavy atom. The van der Waals surface area contributed by atoms with Crippen molar-refractivity contribution in [3.63, 3.8) is 0 Å². The molecule has 0 aliphatic carbocycles. The summed E-state index contributed by atoms with van der Waals surface area (Å²) in [6.45, 7) is 0. The second kappa shape index (κ2) is 6.86. The minimum atomic E-state index is -4.02. The van der Waals surface area contributed by atoms with Crippen molar-refractivity contribution in [2.75, 3.05) is 5.43 Å². The van der Waals surface area contributed by atoms with Gasteiger partial charge in [0.1, 0.15) is 5.69 Å². The van der Waals surface area contributed by atoms with E-state index in [0.717, 1.165) is 16.1 Å². The number of nitrogens with one attached hydrogen (secondary N) is 1. The van der Waals surface area contributed by atoms with Crippen molar-refractivity contribution in [3.05, 3.63) is 62.6 Å². The van der Waals surface area contributed by atoms with Crippen LogP contribution in [0.5, 0.6) is 0 Å². The maximum atomic E-state index is 11.2. The maximum absolute atomic E-state index is 11.2. The molecule has 0 radical (unpaired) electrons. The van der Waals surface area contributed by atoms with E-state index in [-0.39, 0.29) is 10.6 Å². The van der Waals surface area contributed by atoms with Gasteiger partial charge in [-0.1, -0.05) is 28.1 Å². The summed E-state index contributed by atoms with van der Waals surface area (Å²) >= 11 is 3.30. The van der Waals surface area contributed by atoms with Crippen molar-refractivity contribution in [1.29, 1.82) is 0 Å². The largest absolute Gasteiger partial charge is 0.295 e. The van der Waals surface area contributed by atoms with Gasteiger partial charge in [0, 0.05) is 10.5 Å². The molecule has 3 N–H and O–H groups in total. The summed E-state index contributed by atoms with van der Waals surface area (Å²) in [4.78, 5) is 9.99. The van der Waals surface area contributed by atoms with Crippen LogP contribution in [0, 0.1) is 10.1 Å². The van der Waals surface area contributed by atoms with Crippen LogP contribution in [0.1, 0.15) is 5.56 Å². The lowest BCUT2D eigenvalue weighted by molar-refractivity contribution is -0.384. The summed E-state index contributed by atoms with van der Waals surface area (Å²) in [6, 6.07) is 10.5. The molecular formula is C13H11BrN4O4S. The van der Waals surface area contributed by atoms with Gasteiger partial charge in [0.15, 0.2) is 0 Å². The first-order chi connectivity index (χ1) is 10.8. The Morgan fingerprint density at radius 1 is 1.22 bits per heavy atom.